The van der Waals surface area contributed by atoms with E-state index in [-0.39, 0.29) is 0 Å². The summed E-state index contributed by atoms with van der Waals surface area (Å²) in [7, 11) is 0. The van der Waals surface area contributed by atoms with Crippen LogP contribution in [0.3, 0.4) is 0 Å². The number of nitrogens with zero attached hydrogens (tertiary/aromatic N) is 1. The SMILES string of the molecule is NC(=S)c1cccnc1NC1CCSC1. The first-order valence-electron chi connectivity index (χ1n) is 4.86. The molecule has 1 fully saturated rings. The number of thioether (sulfide) groups is 1. The van der Waals surface area contributed by atoms with Gasteiger partial charge in [0.1, 0.15) is 10.8 Å². The van der Waals surface area contributed by atoms with Crippen LogP contribution in [-0.2, 0) is 0 Å². The summed E-state index contributed by atoms with van der Waals surface area (Å²) in [5, 5.41) is 3.39. The lowest BCUT2D eigenvalue weighted by Crippen LogP contribution is -2.22. The van der Waals surface area contributed by atoms with Crippen LogP contribution in [0.2, 0.25) is 0 Å². The van der Waals surface area contributed by atoms with Crippen molar-refractivity contribution in [1.29, 1.82) is 0 Å². The van der Waals surface area contributed by atoms with Crippen molar-refractivity contribution in [3.8, 4) is 0 Å². The fourth-order valence-corrected chi connectivity index (χ4v) is 2.88. The molecule has 0 saturated carbocycles. The highest BCUT2D eigenvalue weighted by Gasteiger charge is 2.17. The first-order chi connectivity index (χ1) is 7.27. The van der Waals surface area contributed by atoms with Crippen molar-refractivity contribution in [3.63, 3.8) is 0 Å². The second-order valence-corrected chi connectivity index (χ2v) is 5.06. The van der Waals surface area contributed by atoms with Crippen LogP contribution in [0.15, 0.2) is 18.3 Å². The highest BCUT2D eigenvalue weighted by molar-refractivity contribution is 7.99. The van der Waals surface area contributed by atoms with Gasteiger partial charge in [-0.15, -0.1) is 0 Å². The van der Waals surface area contributed by atoms with Crippen LogP contribution in [0.5, 0.6) is 0 Å². The molecule has 1 aliphatic rings. The zero-order valence-corrected chi connectivity index (χ0v) is 9.90. The van der Waals surface area contributed by atoms with Crippen LogP contribution in [-0.4, -0.2) is 27.5 Å². The molecule has 15 heavy (non-hydrogen) atoms. The molecule has 0 radical (unpaired) electrons. The first-order valence-corrected chi connectivity index (χ1v) is 6.43. The van der Waals surface area contributed by atoms with Gasteiger partial charge < -0.3 is 11.1 Å². The largest absolute Gasteiger partial charge is 0.389 e. The lowest BCUT2D eigenvalue weighted by Gasteiger charge is -2.14. The molecule has 3 nitrogen and oxygen atoms in total. The van der Waals surface area contributed by atoms with E-state index < -0.39 is 0 Å². The van der Waals surface area contributed by atoms with Gasteiger partial charge in [0.05, 0.1) is 5.56 Å². The molecule has 1 unspecified atom stereocenters. The lowest BCUT2D eigenvalue weighted by molar-refractivity contribution is 0.806. The van der Waals surface area contributed by atoms with Crippen LogP contribution in [0, 0.1) is 0 Å². The maximum Gasteiger partial charge on any atom is 0.136 e. The zero-order chi connectivity index (χ0) is 10.7. The molecule has 2 heterocycles. The molecule has 0 bridgehead atoms. The number of nitrogens with one attached hydrogen (secondary N) is 1. The normalized spacial score (nSPS) is 20.1. The van der Waals surface area contributed by atoms with Crippen LogP contribution < -0.4 is 11.1 Å². The smallest absolute Gasteiger partial charge is 0.136 e. The summed E-state index contributed by atoms with van der Waals surface area (Å²) in [6.07, 6.45) is 2.93. The Morgan fingerprint density at radius 1 is 1.67 bits per heavy atom. The molecular weight excluding hydrogens is 226 g/mol. The van der Waals surface area contributed by atoms with Crippen molar-refractivity contribution in [1.82, 2.24) is 4.98 Å². The Morgan fingerprint density at radius 3 is 3.20 bits per heavy atom. The number of hydrogen-bond acceptors (Lipinski definition) is 4. The van der Waals surface area contributed by atoms with Crippen molar-refractivity contribution in [2.24, 2.45) is 5.73 Å². The van der Waals surface area contributed by atoms with Crippen LogP contribution in [0.25, 0.3) is 0 Å². The van der Waals surface area contributed by atoms with Crippen molar-refractivity contribution in [3.05, 3.63) is 23.9 Å². The fourth-order valence-electron chi connectivity index (χ4n) is 1.56. The van der Waals surface area contributed by atoms with Crippen molar-refractivity contribution >= 4 is 34.8 Å². The topological polar surface area (TPSA) is 50.9 Å². The summed E-state index contributed by atoms with van der Waals surface area (Å²) in [5.74, 6) is 3.16. The molecule has 0 aliphatic carbocycles. The number of anilines is 1. The van der Waals surface area contributed by atoms with Gasteiger partial charge >= 0.3 is 0 Å². The predicted molar refractivity (Wildman–Crippen MR) is 69.5 cm³/mol. The van der Waals surface area contributed by atoms with E-state index in [0.717, 1.165) is 17.1 Å². The molecule has 80 valence electrons. The quantitative estimate of drug-likeness (QED) is 0.785. The summed E-state index contributed by atoms with van der Waals surface area (Å²) in [6, 6.07) is 4.25. The third kappa shape index (κ3) is 2.60. The predicted octanol–water partition coefficient (Wildman–Crippen LogP) is 1.63. The Morgan fingerprint density at radius 2 is 2.53 bits per heavy atom. The number of aromatic nitrogens is 1. The summed E-state index contributed by atoms with van der Waals surface area (Å²) in [5.41, 5.74) is 6.47. The van der Waals surface area contributed by atoms with Gasteiger partial charge in [0.25, 0.3) is 0 Å². The summed E-state index contributed by atoms with van der Waals surface area (Å²) in [4.78, 5) is 4.67. The third-order valence-electron chi connectivity index (χ3n) is 2.34. The van der Waals surface area contributed by atoms with E-state index in [1.165, 1.54) is 12.2 Å². The number of thiocarbonyl (C=S) groups is 1. The van der Waals surface area contributed by atoms with E-state index in [0.29, 0.717) is 11.0 Å². The summed E-state index contributed by atoms with van der Waals surface area (Å²) in [6.45, 7) is 0. The zero-order valence-electron chi connectivity index (χ0n) is 8.27. The van der Waals surface area contributed by atoms with E-state index in [2.05, 4.69) is 10.3 Å². The molecule has 1 aromatic heterocycles. The second-order valence-electron chi connectivity index (χ2n) is 3.47. The Labute approximate surface area is 98.8 Å². The fraction of sp³-hybridized carbons (Fsp3) is 0.400. The van der Waals surface area contributed by atoms with Crippen LogP contribution in [0.4, 0.5) is 5.82 Å². The van der Waals surface area contributed by atoms with Gasteiger partial charge in [-0.3, -0.25) is 0 Å². The maximum atomic E-state index is 5.64. The molecule has 0 aromatic carbocycles. The number of rotatable bonds is 3. The Kier molecular flexibility index (Phi) is 3.43. The van der Waals surface area contributed by atoms with Gasteiger partial charge in [-0.2, -0.15) is 11.8 Å². The molecule has 3 N–H and O–H groups in total. The van der Waals surface area contributed by atoms with E-state index in [9.17, 15) is 0 Å². The number of hydrogen-bond donors (Lipinski definition) is 2. The van der Waals surface area contributed by atoms with Gasteiger partial charge in [-0.05, 0) is 24.3 Å². The Bertz CT molecular complexity index is 361. The minimum Gasteiger partial charge on any atom is -0.389 e. The van der Waals surface area contributed by atoms with E-state index in [1.54, 1.807) is 6.20 Å². The minimum atomic E-state index is 0.399. The maximum absolute atomic E-state index is 5.64. The minimum absolute atomic E-state index is 0.399. The van der Waals surface area contributed by atoms with Crippen molar-refractivity contribution in [2.45, 2.75) is 12.5 Å². The molecule has 1 atom stereocenters. The molecule has 1 aliphatic heterocycles. The highest BCUT2D eigenvalue weighted by Crippen LogP contribution is 2.22. The second kappa shape index (κ2) is 4.81. The van der Waals surface area contributed by atoms with Gasteiger partial charge in [-0.1, -0.05) is 12.2 Å². The first kappa shape index (κ1) is 10.7. The summed E-state index contributed by atoms with van der Waals surface area (Å²) < 4.78 is 0. The van der Waals surface area contributed by atoms with E-state index in [1.807, 2.05) is 23.9 Å². The van der Waals surface area contributed by atoms with Gasteiger partial charge in [0.15, 0.2) is 0 Å². The van der Waals surface area contributed by atoms with Gasteiger partial charge in [0, 0.05) is 18.0 Å². The monoisotopic (exact) mass is 239 g/mol. The molecule has 1 aromatic rings. The summed E-state index contributed by atoms with van der Waals surface area (Å²) >= 11 is 6.94. The number of nitrogens with two attached hydrogens (primary N) is 1. The van der Waals surface area contributed by atoms with Gasteiger partial charge in [-0.25, -0.2) is 4.98 Å². The van der Waals surface area contributed by atoms with Crippen LogP contribution in [0.1, 0.15) is 12.0 Å². The average molecular weight is 239 g/mol. The molecule has 2 rings (SSSR count). The Balaban J connectivity index is 2.15. The standard InChI is InChI=1S/C10H13N3S2/c11-9(14)8-2-1-4-12-10(8)13-7-3-5-15-6-7/h1-2,4,7H,3,5-6H2,(H2,11,14)(H,12,13). The van der Waals surface area contributed by atoms with Crippen LogP contribution >= 0.6 is 24.0 Å². The highest BCUT2D eigenvalue weighted by atomic mass is 32.2. The van der Waals surface area contributed by atoms with Gasteiger partial charge in [0.2, 0.25) is 0 Å². The van der Waals surface area contributed by atoms with Crippen molar-refractivity contribution in [2.75, 3.05) is 16.8 Å². The molecule has 0 amide bonds. The third-order valence-corrected chi connectivity index (χ3v) is 3.73. The molecular formula is C10H13N3S2. The molecule has 0 spiro atoms. The molecule has 1 saturated heterocycles. The van der Waals surface area contributed by atoms with E-state index in [4.69, 9.17) is 18.0 Å². The van der Waals surface area contributed by atoms with E-state index >= 15 is 0 Å². The molecule has 5 heteroatoms. The van der Waals surface area contributed by atoms with Crippen molar-refractivity contribution < 1.29 is 0 Å². The lowest BCUT2D eigenvalue weighted by atomic mass is 10.2. The Hall–Kier alpha value is -0.810. The average Bonchev–Trinajstić information content (AvgIpc) is 2.71. The number of pyridine rings is 1.